The van der Waals surface area contributed by atoms with Crippen LogP contribution in [0.25, 0.3) is 11.3 Å². The number of ketones is 1. The van der Waals surface area contributed by atoms with Crippen molar-refractivity contribution in [2.75, 3.05) is 0 Å². The van der Waals surface area contributed by atoms with Crippen molar-refractivity contribution in [1.82, 2.24) is 20.9 Å². The molecule has 0 radical (unpaired) electrons. The second-order valence-corrected chi connectivity index (χ2v) is 10.3. The van der Waals surface area contributed by atoms with Crippen LogP contribution >= 0.6 is 0 Å². The van der Waals surface area contributed by atoms with E-state index < -0.39 is 89.1 Å². The minimum atomic E-state index is -4.74. The van der Waals surface area contributed by atoms with Gasteiger partial charge in [-0.25, -0.2) is 9.78 Å². The summed E-state index contributed by atoms with van der Waals surface area (Å²) in [6.07, 6.45) is -5.66. The summed E-state index contributed by atoms with van der Waals surface area (Å²) >= 11 is 0. The average molecular weight is 633 g/mol. The van der Waals surface area contributed by atoms with Crippen LogP contribution in [0.1, 0.15) is 49.0 Å². The number of carbonyl (C=O) groups excluding carboxylic acids is 4. The van der Waals surface area contributed by atoms with Gasteiger partial charge in [-0.15, -0.1) is 0 Å². The molecule has 3 amide bonds. The summed E-state index contributed by atoms with van der Waals surface area (Å²) in [6.45, 7) is 4.51. The summed E-state index contributed by atoms with van der Waals surface area (Å²) in [6, 6.07) is 9.06. The largest absolute Gasteiger partial charge is 0.481 e. The number of alkyl halides is 3. The van der Waals surface area contributed by atoms with Gasteiger partial charge in [0.1, 0.15) is 24.7 Å². The molecule has 0 aliphatic heterocycles. The van der Waals surface area contributed by atoms with Crippen molar-refractivity contribution in [3.05, 3.63) is 77.8 Å². The van der Waals surface area contributed by atoms with Crippen molar-refractivity contribution >= 4 is 29.7 Å². The molecule has 3 aromatic rings. The molecule has 0 saturated carbocycles. The average Bonchev–Trinajstić information content (AvgIpc) is 3.48. The van der Waals surface area contributed by atoms with E-state index in [1.54, 1.807) is 44.2 Å². The Morgan fingerprint density at radius 1 is 0.911 bits per heavy atom. The van der Waals surface area contributed by atoms with Gasteiger partial charge in [-0.3, -0.25) is 19.2 Å². The summed E-state index contributed by atoms with van der Waals surface area (Å²) < 4.78 is 50.7. The van der Waals surface area contributed by atoms with E-state index >= 15 is 0 Å². The Labute approximate surface area is 255 Å². The van der Waals surface area contributed by atoms with Crippen LogP contribution in [0.3, 0.4) is 0 Å². The Bertz CT molecular complexity index is 1520. The van der Waals surface area contributed by atoms with Crippen LogP contribution in [-0.2, 0) is 31.9 Å². The molecule has 0 aliphatic rings. The minimum Gasteiger partial charge on any atom is -0.481 e. The lowest BCUT2D eigenvalue weighted by Crippen LogP contribution is -2.56. The molecule has 0 unspecified atom stereocenters. The van der Waals surface area contributed by atoms with E-state index in [2.05, 4.69) is 20.9 Å². The molecule has 2 aromatic carbocycles. The highest BCUT2D eigenvalue weighted by Gasteiger charge is 2.36. The van der Waals surface area contributed by atoms with Gasteiger partial charge in [0.05, 0.1) is 18.2 Å². The number of benzene rings is 2. The van der Waals surface area contributed by atoms with E-state index in [-0.39, 0.29) is 6.61 Å². The highest BCUT2D eigenvalue weighted by atomic mass is 19.4. The lowest BCUT2D eigenvalue weighted by molar-refractivity contribution is -0.138. The molecule has 0 bridgehead atoms. The number of hydrogen-bond acceptors (Lipinski definition) is 8. The van der Waals surface area contributed by atoms with Crippen LogP contribution in [0.2, 0.25) is 0 Å². The number of carboxylic acids is 1. The molecule has 45 heavy (non-hydrogen) atoms. The first-order chi connectivity index (χ1) is 21.2. The Hall–Kier alpha value is -5.21. The minimum absolute atomic E-state index is 0.0439. The van der Waals surface area contributed by atoms with Gasteiger partial charge in [0.15, 0.2) is 5.76 Å². The van der Waals surface area contributed by atoms with E-state index in [1.165, 1.54) is 19.1 Å². The van der Waals surface area contributed by atoms with Crippen molar-refractivity contribution in [3.8, 4) is 11.3 Å². The molecule has 1 aromatic heterocycles. The van der Waals surface area contributed by atoms with Crippen LogP contribution in [-0.4, -0.2) is 57.9 Å². The summed E-state index contributed by atoms with van der Waals surface area (Å²) in [5.41, 5.74) is -0.719. The number of nitrogens with one attached hydrogen (secondary N) is 3. The quantitative estimate of drug-likeness (QED) is 0.203. The monoisotopic (exact) mass is 632 g/mol. The normalized spacial score (nSPS) is 13.3. The zero-order chi connectivity index (χ0) is 33.3. The SMILES string of the molecule is CC(C)[C@H](NC(=O)OCc1ccccc1)C(=O)N[C@@H](C)C(=O)N[C@@H](CC(=O)O)C(=O)c1ncc(-c2ccccc2C(F)(F)F)o1. The first-order valence-corrected chi connectivity index (χ1v) is 13.6. The van der Waals surface area contributed by atoms with Crippen LogP contribution in [0, 0.1) is 5.92 Å². The standard InChI is InChI=1S/C30H31F3N4O8/c1-16(2)24(37-29(43)44-15-18-9-5-4-6-10-18)27(42)35-17(3)26(41)36-21(13-23(38)39)25(40)28-34-14-22(45-28)19-11-7-8-12-20(19)30(31,32)33/h4-12,14,16-17,21,24H,13,15H2,1-3H3,(H,35,42)(H,36,41)(H,37,43)(H,38,39)/t17-,21-,24-/m0/s1. The summed E-state index contributed by atoms with van der Waals surface area (Å²) in [5.74, 6) is -5.91. The van der Waals surface area contributed by atoms with Gasteiger partial charge in [-0.2, -0.15) is 13.2 Å². The number of hydrogen-bond donors (Lipinski definition) is 4. The van der Waals surface area contributed by atoms with Crippen LogP contribution in [0.5, 0.6) is 0 Å². The number of nitrogens with zero attached hydrogens (tertiary/aromatic N) is 1. The number of amides is 3. The van der Waals surface area contributed by atoms with Gasteiger partial charge in [0.25, 0.3) is 5.89 Å². The first-order valence-electron chi connectivity index (χ1n) is 13.6. The van der Waals surface area contributed by atoms with Crippen molar-refractivity contribution < 1.29 is 51.4 Å². The Morgan fingerprint density at radius 3 is 2.18 bits per heavy atom. The number of Topliss-reactive ketones (excluding diaryl/α,β-unsaturated/α-hetero) is 1. The fourth-order valence-corrected chi connectivity index (χ4v) is 4.08. The number of carbonyl (C=O) groups is 5. The van der Waals surface area contributed by atoms with E-state index in [9.17, 15) is 42.3 Å². The summed E-state index contributed by atoms with van der Waals surface area (Å²) in [4.78, 5) is 66.4. The third kappa shape index (κ3) is 9.64. The molecule has 0 saturated heterocycles. The Balaban J connectivity index is 1.67. The molecule has 15 heteroatoms. The molecule has 4 N–H and O–H groups in total. The molecular weight excluding hydrogens is 601 g/mol. The molecule has 1 heterocycles. The number of carboxylic acid groups (broad SMARTS) is 1. The number of rotatable bonds is 13. The third-order valence-corrected chi connectivity index (χ3v) is 6.41. The fourth-order valence-electron chi connectivity index (χ4n) is 4.08. The second kappa shape index (κ2) is 15.0. The van der Waals surface area contributed by atoms with Crippen molar-refractivity contribution in [2.24, 2.45) is 5.92 Å². The predicted molar refractivity (Wildman–Crippen MR) is 151 cm³/mol. The number of aromatic nitrogens is 1. The topological polar surface area (TPSA) is 177 Å². The van der Waals surface area contributed by atoms with E-state index in [1.807, 2.05) is 0 Å². The second-order valence-electron chi connectivity index (χ2n) is 10.3. The van der Waals surface area contributed by atoms with Crippen molar-refractivity contribution in [1.29, 1.82) is 0 Å². The molecule has 240 valence electrons. The molecule has 3 atom stereocenters. The van der Waals surface area contributed by atoms with Crippen LogP contribution < -0.4 is 16.0 Å². The molecular formula is C30H31F3N4O8. The molecule has 0 aliphatic carbocycles. The molecule has 3 rings (SSSR count). The number of alkyl carbamates (subject to hydrolysis) is 1. The highest BCUT2D eigenvalue weighted by molar-refractivity contribution is 6.01. The van der Waals surface area contributed by atoms with E-state index in [0.29, 0.717) is 0 Å². The highest BCUT2D eigenvalue weighted by Crippen LogP contribution is 2.37. The van der Waals surface area contributed by atoms with Crippen molar-refractivity contribution in [2.45, 2.75) is 58.1 Å². The van der Waals surface area contributed by atoms with Gasteiger partial charge >= 0.3 is 18.2 Å². The van der Waals surface area contributed by atoms with Crippen LogP contribution in [0.15, 0.2) is 65.2 Å². The van der Waals surface area contributed by atoms with E-state index in [4.69, 9.17) is 9.15 Å². The third-order valence-electron chi connectivity index (χ3n) is 6.41. The molecule has 0 fully saturated rings. The fraction of sp³-hybridized carbons (Fsp3) is 0.333. The number of oxazole rings is 1. The van der Waals surface area contributed by atoms with Gasteiger partial charge < -0.3 is 30.2 Å². The van der Waals surface area contributed by atoms with E-state index in [0.717, 1.165) is 23.9 Å². The van der Waals surface area contributed by atoms with Crippen LogP contribution in [0.4, 0.5) is 18.0 Å². The number of aliphatic carboxylic acids is 1. The lowest BCUT2D eigenvalue weighted by Gasteiger charge is -2.24. The first kappa shape index (κ1) is 34.3. The maximum Gasteiger partial charge on any atom is 0.417 e. The zero-order valence-corrected chi connectivity index (χ0v) is 24.4. The number of ether oxygens (including phenoxy) is 1. The molecule has 12 nitrogen and oxygen atoms in total. The maximum atomic E-state index is 13.4. The smallest absolute Gasteiger partial charge is 0.417 e. The summed E-state index contributed by atoms with van der Waals surface area (Å²) in [5, 5.41) is 16.4. The van der Waals surface area contributed by atoms with Gasteiger partial charge in [0.2, 0.25) is 17.6 Å². The Morgan fingerprint density at radius 2 is 1.56 bits per heavy atom. The number of halogens is 3. The Kier molecular flexibility index (Phi) is 11.4. The maximum absolute atomic E-state index is 13.4. The lowest BCUT2D eigenvalue weighted by atomic mass is 10.0. The van der Waals surface area contributed by atoms with Crippen molar-refractivity contribution in [3.63, 3.8) is 0 Å². The van der Waals surface area contributed by atoms with Gasteiger partial charge in [0, 0.05) is 5.56 Å². The molecule has 0 spiro atoms. The zero-order valence-electron chi connectivity index (χ0n) is 24.4. The summed E-state index contributed by atoms with van der Waals surface area (Å²) in [7, 11) is 0. The predicted octanol–water partition coefficient (Wildman–Crippen LogP) is 3.96. The van der Waals surface area contributed by atoms with Gasteiger partial charge in [-0.1, -0.05) is 62.4 Å². The van der Waals surface area contributed by atoms with Gasteiger partial charge in [-0.05, 0) is 24.5 Å².